The van der Waals surface area contributed by atoms with Gasteiger partial charge in [0.15, 0.2) is 5.65 Å². The number of aromatic nitrogens is 5. The lowest BCUT2D eigenvalue weighted by molar-refractivity contribution is 0.823. The molecular weight excluding hydrogens is 264 g/mol. The van der Waals surface area contributed by atoms with E-state index in [1.54, 1.807) is 16.9 Å². The normalized spacial score (nSPS) is 14.6. The molecule has 0 bridgehead atoms. The van der Waals surface area contributed by atoms with Gasteiger partial charge in [-0.2, -0.15) is 5.10 Å². The summed E-state index contributed by atoms with van der Waals surface area (Å²) in [6.07, 6.45) is 10.6. The van der Waals surface area contributed by atoms with Crippen molar-refractivity contribution >= 4 is 17.2 Å². The maximum absolute atomic E-state index is 5.71. The summed E-state index contributed by atoms with van der Waals surface area (Å²) in [4.78, 5) is 13.2. The Labute approximate surface area is 121 Å². The molecule has 0 aromatic carbocycles. The average Bonchev–Trinajstić information content (AvgIpc) is 2.86. The Morgan fingerprint density at radius 2 is 2.14 bits per heavy atom. The molecule has 1 aliphatic rings. The Morgan fingerprint density at radius 1 is 1.19 bits per heavy atom. The fraction of sp³-hybridized carbons (Fsp3) is 0.200. The van der Waals surface area contributed by atoms with E-state index in [0.29, 0.717) is 5.95 Å². The molecule has 21 heavy (non-hydrogen) atoms. The summed E-state index contributed by atoms with van der Waals surface area (Å²) in [6, 6.07) is 3.86. The number of hydrogen-bond acceptors (Lipinski definition) is 5. The van der Waals surface area contributed by atoms with Gasteiger partial charge in [0, 0.05) is 29.6 Å². The molecule has 0 amide bonds. The third kappa shape index (κ3) is 2.05. The molecule has 0 radical (unpaired) electrons. The number of nitrogens with zero attached hydrogens (tertiary/aromatic N) is 5. The first kappa shape index (κ1) is 12.0. The molecule has 6 heteroatoms. The minimum absolute atomic E-state index is 0.328. The van der Waals surface area contributed by atoms with Gasteiger partial charge in [-0.1, -0.05) is 6.08 Å². The Kier molecular flexibility index (Phi) is 2.67. The summed E-state index contributed by atoms with van der Waals surface area (Å²) in [5.41, 5.74) is 10.6. The second kappa shape index (κ2) is 4.66. The SMILES string of the molecule is Nc1ncc2c(n1)CCCC=C2c1ccn2nccc2n1. The van der Waals surface area contributed by atoms with Crippen LogP contribution in [0.3, 0.4) is 0 Å². The molecule has 0 fully saturated rings. The van der Waals surface area contributed by atoms with Gasteiger partial charge in [0.25, 0.3) is 0 Å². The van der Waals surface area contributed by atoms with Crippen molar-refractivity contribution < 1.29 is 0 Å². The molecule has 104 valence electrons. The molecule has 0 aliphatic heterocycles. The van der Waals surface area contributed by atoms with Gasteiger partial charge in [-0.25, -0.2) is 19.5 Å². The molecule has 0 unspecified atom stereocenters. The second-order valence-electron chi connectivity index (χ2n) is 5.05. The van der Waals surface area contributed by atoms with E-state index in [0.717, 1.165) is 47.4 Å². The molecule has 0 atom stereocenters. The van der Waals surface area contributed by atoms with Crippen molar-refractivity contribution in [3.8, 4) is 0 Å². The molecule has 0 spiro atoms. The topological polar surface area (TPSA) is 82.0 Å². The zero-order valence-corrected chi connectivity index (χ0v) is 11.4. The quantitative estimate of drug-likeness (QED) is 0.734. The van der Waals surface area contributed by atoms with Crippen molar-refractivity contribution in [1.82, 2.24) is 24.6 Å². The number of anilines is 1. The highest BCUT2D eigenvalue weighted by Gasteiger charge is 2.16. The number of nitrogens with two attached hydrogens (primary N) is 1. The van der Waals surface area contributed by atoms with E-state index in [-0.39, 0.29) is 0 Å². The van der Waals surface area contributed by atoms with E-state index >= 15 is 0 Å². The summed E-state index contributed by atoms with van der Waals surface area (Å²) >= 11 is 0. The number of hydrogen-bond donors (Lipinski definition) is 1. The minimum Gasteiger partial charge on any atom is -0.368 e. The minimum atomic E-state index is 0.328. The molecular formula is C15H14N6. The predicted molar refractivity (Wildman–Crippen MR) is 79.4 cm³/mol. The number of fused-ring (bicyclic) bond motifs is 2. The van der Waals surface area contributed by atoms with Crippen molar-refractivity contribution in [2.24, 2.45) is 0 Å². The zero-order chi connectivity index (χ0) is 14.2. The van der Waals surface area contributed by atoms with Gasteiger partial charge in [-0.05, 0) is 25.3 Å². The number of rotatable bonds is 1. The Hall–Kier alpha value is -2.76. The van der Waals surface area contributed by atoms with Crippen molar-refractivity contribution in [3.05, 3.63) is 53.8 Å². The van der Waals surface area contributed by atoms with Crippen LogP contribution < -0.4 is 5.73 Å². The third-order valence-electron chi connectivity index (χ3n) is 3.68. The van der Waals surface area contributed by atoms with E-state index in [1.807, 2.05) is 18.3 Å². The van der Waals surface area contributed by atoms with Crippen LogP contribution in [0.5, 0.6) is 0 Å². The maximum atomic E-state index is 5.71. The first-order valence-electron chi connectivity index (χ1n) is 6.94. The van der Waals surface area contributed by atoms with E-state index < -0.39 is 0 Å². The standard InChI is InChI=1S/C15H14N6/c16-15-17-9-11-10(3-1-2-4-12(11)20-15)13-6-8-21-14(19-13)5-7-18-21/h3,5-9H,1-2,4H2,(H2,16,17,20). The lowest BCUT2D eigenvalue weighted by Gasteiger charge is -2.10. The van der Waals surface area contributed by atoms with Gasteiger partial charge in [-0.15, -0.1) is 0 Å². The Morgan fingerprint density at radius 3 is 3.10 bits per heavy atom. The lowest BCUT2D eigenvalue weighted by Crippen LogP contribution is -2.04. The molecule has 0 saturated carbocycles. The number of aryl methyl sites for hydroxylation is 1. The maximum Gasteiger partial charge on any atom is 0.220 e. The number of allylic oxidation sites excluding steroid dienone is 1. The third-order valence-corrected chi connectivity index (χ3v) is 3.68. The first-order chi connectivity index (χ1) is 10.3. The van der Waals surface area contributed by atoms with Crippen LogP contribution in [0.25, 0.3) is 11.2 Å². The van der Waals surface area contributed by atoms with Crippen molar-refractivity contribution in [3.63, 3.8) is 0 Å². The van der Waals surface area contributed by atoms with Gasteiger partial charge in [0.1, 0.15) is 0 Å². The summed E-state index contributed by atoms with van der Waals surface area (Å²) < 4.78 is 1.75. The summed E-state index contributed by atoms with van der Waals surface area (Å²) in [5.74, 6) is 0.328. The van der Waals surface area contributed by atoms with E-state index in [4.69, 9.17) is 5.73 Å². The zero-order valence-electron chi connectivity index (χ0n) is 11.4. The molecule has 2 N–H and O–H groups in total. The van der Waals surface area contributed by atoms with Crippen LogP contribution in [0.4, 0.5) is 5.95 Å². The van der Waals surface area contributed by atoms with Gasteiger partial charge in [-0.3, -0.25) is 0 Å². The van der Waals surface area contributed by atoms with Gasteiger partial charge < -0.3 is 5.73 Å². The average molecular weight is 278 g/mol. The molecule has 0 saturated heterocycles. The van der Waals surface area contributed by atoms with Crippen LogP contribution in [0.2, 0.25) is 0 Å². The fourth-order valence-electron chi connectivity index (χ4n) is 2.68. The van der Waals surface area contributed by atoms with E-state index in [9.17, 15) is 0 Å². The highest BCUT2D eigenvalue weighted by Crippen LogP contribution is 2.29. The Balaban J connectivity index is 1.89. The molecule has 3 heterocycles. The molecule has 3 aromatic heterocycles. The number of nitrogen functional groups attached to an aromatic ring is 1. The molecule has 4 rings (SSSR count). The summed E-state index contributed by atoms with van der Waals surface area (Å²) in [7, 11) is 0. The summed E-state index contributed by atoms with van der Waals surface area (Å²) in [5, 5.41) is 4.17. The highest BCUT2D eigenvalue weighted by molar-refractivity contribution is 5.79. The lowest BCUT2D eigenvalue weighted by atomic mass is 10.0. The van der Waals surface area contributed by atoms with Crippen LogP contribution in [-0.4, -0.2) is 24.6 Å². The van der Waals surface area contributed by atoms with Gasteiger partial charge in [0.2, 0.25) is 5.95 Å². The van der Waals surface area contributed by atoms with Crippen LogP contribution in [0.1, 0.15) is 29.8 Å². The van der Waals surface area contributed by atoms with Gasteiger partial charge in [0.05, 0.1) is 17.6 Å². The van der Waals surface area contributed by atoms with Crippen LogP contribution >= 0.6 is 0 Å². The summed E-state index contributed by atoms with van der Waals surface area (Å²) in [6.45, 7) is 0. The van der Waals surface area contributed by atoms with Crippen LogP contribution in [0, 0.1) is 0 Å². The fourth-order valence-corrected chi connectivity index (χ4v) is 2.68. The smallest absolute Gasteiger partial charge is 0.220 e. The van der Waals surface area contributed by atoms with Crippen LogP contribution in [0.15, 0.2) is 36.8 Å². The highest BCUT2D eigenvalue weighted by atomic mass is 15.2. The van der Waals surface area contributed by atoms with Crippen molar-refractivity contribution in [2.75, 3.05) is 5.73 Å². The van der Waals surface area contributed by atoms with E-state index in [1.165, 1.54) is 0 Å². The van der Waals surface area contributed by atoms with Crippen molar-refractivity contribution in [2.45, 2.75) is 19.3 Å². The largest absolute Gasteiger partial charge is 0.368 e. The molecule has 6 nitrogen and oxygen atoms in total. The second-order valence-corrected chi connectivity index (χ2v) is 5.05. The predicted octanol–water partition coefficient (Wildman–Crippen LogP) is 1.87. The van der Waals surface area contributed by atoms with Crippen molar-refractivity contribution in [1.29, 1.82) is 0 Å². The molecule has 1 aliphatic carbocycles. The monoisotopic (exact) mass is 278 g/mol. The molecule has 3 aromatic rings. The van der Waals surface area contributed by atoms with Gasteiger partial charge >= 0.3 is 0 Å². The van der Waals surface area contributed by atoms with Crippen LogP contribution in [-0.2, 0) is 6.42 Å². The first-order valence-corrected chi connectivity index (χ1v) is 6.94. The van der Waals surface area contributed by atoms with E-state index in [2.05, 4.69) is 26.1 Å². The Bertz CT molecular complexity index is 848.